The molecule has 1 saturated heterocycles. The second kappa shape index (κ2) is 9.10. The molecule has 158 valence electrons. The standard InChI is InChI=1S/C24H22ClN3O3/c25-17-5-9-19(10-6-17)27-13-15-28(16-14-27)20-11-7-18(8-12-20)26-23(29)21-3-1-2-4-22(21)24(30)31/h1-12H,13-16H2,(H,26,29)(H,30,31)/p-1. The summed E-state index contributed by atoms with van der Waals surface area (Å²) in [5, 5.41) is 14.7. The van der Waals surface area contributed by atoms with E-state index in [0.717, 1.165) is 36.9 Å². The predicted octanol–water partition coefficient (Wildman–Crippen LogP) is 3.28. The van der Waals surface area contributed by atoms with E-state index in [1.807, 2.05) is 48.5 Å². The lowest BCUT2D eigenvalue weighted by molar-refractivity contribution is -0.255. The first-order valence-electron chi connectivity index (χ1n) is 9.98. The number of hydrogen-bond acceptors (Lipinski definition) is 5. The lowest BCUT2D eigenvalue weighted by Crippen LogP contribution is -2.46. The second-order valence-corrected chi connectivity index (χ2v) is 7.72. The average molecular weight is 435 g/mol. The van der Waals surface area contributed by atoms with Gasteiger partial charge >= 0.3 is 0 Å². The minimum atomic E-state index is -1.38. The van der Waals surface area contributed by atoms with Gasteiger partial charge in [-0.2, -0.15) is 0 Å². The third kappa shape index (κ3) is 4.81. The summed E-state index contributed by atoms with van der Waals surface area (Å²) in [6.45, 7) is 3.57. The third-order valence-corrected chi connectivity index (χ3v) is 5.61. The largest absolute Gasteiger partial charge is 0.545 e. The summed E-state index contributed by atoms with van der Waals surface area (Å²) in [4.78, 5) is 28.3. The highest BCUT2D eigenvalue weighted by Crippen LogP contribution is 2.23. The van der Waals surface area contributed by atoms with Gasteiger partial charge in [-0.3, -0.25) is 4.79 Å². The number of carbonyl (C=O) groups excluding carboxylic acids is 2. The molecule has 1 N–H and O–H groups in total. The Kier molecular flexibility index (Phi) is 6.09. The Morgan fingerprint density at radius 1 is 0.742 bits per heavy atom. The van der Waals surface area contributed by atoms with Crippen LogP contribution in [0.3, 0.4) is 0 Å². The van der Waals surface area contributed by atoms with Gasteiger partial charge in [0.15, 0.2) is 0 Å². The zero-order chi connectivity index (χ0) is 21.8. The van der Waals surface area contributed by atoms with Crippen molar-refractivity contribution in [1.29, 1.82) is 0 Å². The van der Waals surface area contributed by atoms with Crippen molar-refractivity contribution in [3.63, 3.8) is 0 Å². The molecule has 0 unspecified atom stereocenters. The molecule has 1 amide bonds. The molecule has 7 heteroatoms. The maximum absolute atomic E-state index is 12.5. The molecular weight excluding hydrogens is 414 g/mol. The second-order valence-electron chi connectivity index (χ2n) is 7.28. The van der Waals surface area contributed by atoms with E-state index in [0.29, 0.717) is 5.69 Å². The van der Waals surface area contributed by atoms with Crippen LogP contribution in [0.1, 0.15) is 20.7 Å². The van der Waals surface area contributed by atoms with Crippen LogP contribution in [0.2, 0.25) is 5.02 Å². The van der Waals surface area contributed by atoms with Crippen molar-refractivity contribution >= 4 is 40.5 Å². The van der Waals surface area contributed by atoms with Crippen LogP contribution >= 0.6 is 11.6 Å². The minimum Gasteiger partial charge on any atom is -0.545 e. The highest BCUT2D eigenvalue weighted by molar-refractivity contribution is 6.30. The van der Waals surface area contributed by atoms with Gasteiger partial charge in [-0.05, 0) is 54.6 Å². The molecule has 3 aromatic rings. The van der Waals surface area contributed by atoms with Crippen molar-refractivity contribution in [3.05, 3.63) is 88.9 Å². The third-order valence-electron chi connectivity index (χ3n) is 5.35. The van der Waals surface area contributed by atoms with Gasteiger partial charge in [0.25, 0.3) is 5.91 Å². The van der Waals surface area contributed by atoms with Gasteiger partial charge in [0.05, 0.1) is 5.97 Å². The molecule has 0 atom stereocenters. The zero-order valence-corrected chi connectivity index (χ0v) is 17.5. The molecule has 1 aliphatic heterocycles. The van der Waals surface area contributed by atoms with Gasteiger partial charge in [0.2, 0.25) is 0 Å². The maximum atomic E-state index is 12.5. The number of carbonyl (C=O) groups is 2. The molecule has 0 radical (unpaired) electrons. The van der Waals surface area contributed by atoms with Crippen molar-refractivity contribution in [1.82, 2.24) is 0 Å². The molecule has 4 rings (SSSR count). The van der Waals surface area contributed by atoms with E-state index in [1.165, 1.54) is 17.8 Å². The summed E-state index contributed by atoms with van der Waals surface area (Å²) >= 11 is 5.97. The minimum absolute atomic E-state index is 0.0740. The quantitative estimate of drug-likeness (QED) is 0.667. The Morgan fingerprint density at radius 3 is 1.74 bits per heavy atom. The van der Waals surface area contributed by atoms with Crippen molar-refractivity contribution in [2.45, 2.75) is 0 Å². The summed E-state index contributed by atoms with van der Waals surface area (Å²) in [6.07, 6.45) is 0. The Hall–Kier alpha value is -3.51. The molecule has 1 heterocycles. The summed E-state index contributed by atoms with van der Waals surface area (Å²) in [7, 11) is 0. The Morgan fingerprint density at radius 2 is 1.23 bits per heavy atom. The normalized spacial score (nSPS) is 13.7. The smallest absolute Gasteiger partial charge is 0.256 e. The first kappa shape index (κ1) is 20.8. The molecule has 0 aliphatic carbocycles. The predicted molar refractivity (Wildman–Crippen MR) is 121 cm³/mol. The maximum Gasteiger partial charge on any atom is 0.256 e. The fourth-order valence-electron chi connectivity index (χ4n) is 3.69. The fraction of sp³-hybridized carbons (Fsp3) is 0.167. The van der Waals surface area contributed by atoms with Crippen LogP contribution in [0.25, 0.3) is 0 Å². The van der Waals surface area contributed by atoms with Gasteiger partial charge < -0.3 is 25.0 Å². The van der Waals surface area contributed by atoms with Crippen LogP contribution in [-0.4, -0.2) is 38.1 Å². The van der Waals surface area contributed by atoms with E-state index < -0.39 is 11.9 Å². The van der Waals surface area contributed by atoms with E-state index in [2.05, 4.69) is 15.1 Å². The van der Waals surface area contributed by atoms with E-state index in [4.69, 9.17) is 11.6 Å². The lowest BCUT2D eigenvalue weighted by Gasteiger charge is -2.37. The summed E-state index contributed by atoms with van der Waals surface area (Å²) in [6, 6.07) is 21.4. The molecule has 0 bridgehead atoms. The molecule has 0 saturated carbocycles. The van der Waals surface area contributed by atoms with Gasteiger partial charge in [0, 0.05) is 59.4 Å². The number of amides is 1. The van der Waals surface area contributed by atoms with Crippen molar-refractivity contribution in [2.24, 2.45) is 0 Å². The van der Waals surface area contributed by atoms with Gasteiger partial charge in [-0.1, -0.05) is 29.8 Å². The van der Waals surface area contributed by atoms with Crippen LogP contribution in [0.5, 0.6) is 0 Å². The first-order valence-corrected chi connectivity index (χ1v) is 10.4. The van der Waals surface area contributed by atoms with E-state index in [1.54, 1.807) is 12.1 Å². The van der Waals surface area contributed by atoms with Crippen molar-refractivity contribution in [3.8, 4) is 0 Å². The number of benzene rings is 3. The fourth-order valence-corrected chi connectivity index (χ4v) is 3.81. The highest BCUT2D eigenvalue weighted by Gasteiger charge is 2.18. The van der Waals surface area contributed by atoms with Crippen LogP contribution in [-0.2, 0) is 0 Å². The van der Waals surface area contributed by atoms with Crippen molar-refractivity contribution < 1.29 is 14.7 Å². The summed E-state index contributed by atoms with van der Waals surface area (Å²) in [5.74, 6) is -1.86. The Bertz CT molecular complexity index is 1080. The lowest BCUT2D eigenvalue weighted by atomic mass is 10.1. The number of hydrogen-bond donors (Lipinski definition) is 1. The highest BCUT2D eigenvalue weighted by atomic mass is 35.5. The first-order chi connectivity index (χ1) is 15.0. The van der Waals surface area contributed by atoms with Crippen LogP contribution in [0.15, 0.2) is 72.8 Å². The summed E-state index contributed by atoms with van der Waals surface area (Å²) in [5.41, 5.74) is 2.78. The molecule has 31 heavy (non-hydrogen) atoms. The number of aromatic carboxylic acids is 1. The van der Waals surface area contributed by atoms with E-state index in [9.17, 15) is 14.7 Å². The molecule has 0 aromatic heterocycles. The number of carboxylic acids is 1. The van der Waals surface area contributed by atoms with Crippen molar-refractivity contribution in [2.75, 3.05) is 41.3 Å². The number of nitrogens with one attached hydrogen (secondary N) is 1. The molecule has 6 nitrogen and oxygen atoms in total. The van der Waals surface area contributed by atoms with Gasteiger partial charge in [0.1, 0.15) is 0 Å². The number of anilines is 3. The molecular formula is C24H21ClN3O3-. The molecule has 1 fully saturated rings. The Labute approximate surface area is 185 Å². The topological polar surface area (TPSA) is 75.7 Å². The number of carboxylic acid groups (broad SMARTS) is 1. The monoisotopic (exact) mass is 434 g/mol. The van der Waals surface area contributed by atoms with Gasteiger partial charge in [-0.25, -0.2) is 0 Å². The molecule has 0 spiro atoms. The SMILES string of the molecule is O=C([O-])c1ccccc1C(=O)Nc1ccc(N2CCN(c3ccc(Cl)cc3)CC2)cc1. The van der Waals surface area contributed by atoms with Crippen LogP contribution < -0.4 is 20.2 Å². The van der Waals surface area contributed by atoms with E-state index >= 15 is 0 Å². The number of piperazine rings is 1. The zero-order valence-electron chi connectivity index (χ0n) is 16.8. The van der Waals surface area contributed by atoms with Gasteiger partial charge in [-0.15, -0.1) is 0 Å². The average Bonchev–Trinajstić information content (AvgIpc) is 2.80. The molecule has 1 aliphatic rings. The Balaban J connectivity index is 1.37. The van der Waals surface area contributed by atoms with Crippen LogP contribution in [0, 0.1) is 0 Å². The number of halogens is 1. The summed E-state index contributed by atoms with van der Waals surface area (Å²) < 4.78 is 0. The number of nitrogens with zero attached hydrogens (tertiary/aromatic N) is 2. The van der Waals surface area contributed by atoms with Crippen LogP contribution in [0.4, 0.5) is 17.1 Å². The number of rotatable bonds is 5. The molecule has 3 aromatic carbocycles. The van der Waals surface area contributed by atoms with E-state index in [-0.39, 0.29) is 11.1 Å².